The minimum absolute atomic E-state index is 0.147. The van der Waals surface area contributed by atoms with E-state index in [9.17, 15) is 4.79 Å². The molecule has 32 heavy (non-hydrogen) atoms. The first-order chi connectivity index (χ1) is 15.6. The largest absolute Gasteiger partial charge is 0.497 e. The molecule has 160 valence electrons. The Hall–Kier alpha value is -3.99. The van der Waals surface area contributed by atoms with E-state index in [0.29, 0.717) is 23.7 Å². The molecule has 0 bridgehead atoms. The van der Waals surface area contributed by atoms with Gasteiger partial charge in [0.05, 0.1) is 12.7 Å². The number of methoxy groups -OCH3 is 1. The van der Waals surface area contributed by atoms with Gasteiger partial charge in [-0.15, -0.1) is 0 Å². The average Bonchev–Trinajstić information content (AvgIpc) is 3.12. The van der Waals surface area contributed by atoms with Gasteiger partial charge < -0.3 is 18.9 Å². The molecule has 3 aromatic carbocycles. The van der Waals surface area contributed by atoms with Crippen molar-refractivity contribution in [2.45, 2.75) is 19.6 Å². The second kappa shape index (κ2) is 8.27. The summed E-state index contributed by atoms with van der Waals surface area (Å²) in [6, 6.07) is 20.8. The van der Waals surface area contributed by atoms with E-state index in [4.69, 9.17) is 18.9 Å². The lowest BCUT2D eigenvalue weighted by Crippen LogP contribution is -2.18. The fourth-order valence-electron chi connectivity index (χ4n) is 3.76. The standard InChI is InChI=1S/C27H22O5/c1-17-20(13-19-7-3-4-9-24(19)31-17)14-26-27(28)23-11-10-22(15-25(23)32-26)30-16-18-6-5-8-21(12-18)29-2/h3-15,17H,16H2,1-2H3/t17-/m1/s1. The fourth-order valence-corrected chi connectivity index (χ4v) is 3.76. The maximum Gasteiger partial charge on any atom is 0.231 e. The van der Waals surface area contributed by atoms with Crippen LogP contribution < -0.4 is 18.9 Å². The molecule has 0 amide bonds. The molecule has 0 radical (unpaired) electrons. The molecule has 5 nitrogen and oxygen atoms in total. The number of Topliss-reactive ketones (excluding diaryl/α,β-unsaturated/α-hetero) is 1. The molecule has 0 saturated carbocycles. The number of hydrogen-bond acceptors (Lipinski definition) is 5. The van der Waals surface area contributed by atoms with Gasteiger partial charge in [0.1, 0.15) is 35.7 Å². The number of benzene rings is 3. The van der Waals surface area contributed by atoms with Crippen LogP contribution in [0.4, 0.5) is 0 Å². The Morgan fingerprint density at radius 2 is 1.84 bits per heavy atom. The van der Waals surface area contributed by atoms with E-state index in [1.54, 1.807) is 31.4 Å². The molecule has 2 aliphatic rings. The van der Waals surface area contributed by atoms with Crippen LogP contribution in [0.2, 0.25) is 0 Å². The maximum absolute atomic E-state index is 12.9. The van der Waals surface area contributed by atoms with Crippen molar-refractivity contribution in [1.82, 2.24) is 0 Å². The summed E-state index contributed by atoms with van der Waals surface area (Å²) in [6.07, 6.45) is 3.61. The van der Waals surface area contributed by atoms with Gasteiger partial charge in [0, 0.05) is 11.6 Å². The number of hydrogen-bond donors (Lipinski definition) is 0. The Kier molecular flexibility index (Phi) is 5.15. The first kappa shape index (κ1) is 19.9. The van der Waals surface area contributed by atoms with Gasteiger partial charge in [-0.1, -0.05) is 30.3 Å². The van der Waals surface area contributed by atoms with E-state index < -0.39 is 0 Å². The van der Waals surface area contributed by atoms with E-state index >= 15 is 0 Å². The number of fused-ring (bicyclic) bond motifs is 2. The van der Waals surface area contributed by atoms with E-state index in [2.05, 4.69) is 0 Å². The van der Waals surface area contributed by atoms with Crippen LogP contribution >= 0.6 is 0 Å². The van der Waals surface area contributed by atoms with Crippen molar-refractivity contribution in [3.63, 3.8) is 0 Å². The number of para-hydroxylation sites is 1. The van der Waals surface area contributed by atoms with E-state index in [0.717, 1.165) is 28.2 Å². The molecule has 0 N–H and O–H groups in total. The predicted octanol–water partition coefficient (Wildman–Crippen LogP) is 5.60. The third-order valence-electron chi connectivity index (χ3n) is 5.49. The number of ketones is 1. The van der Waals surface area contributed by atoms with Crippen LogP contribution in [0.5, 0.6) is 23.0 Å². The summed E-state index contributed by atoms with van der Waals surface area (Å²) in [5, 5.41) is 0. The van der Waals surface area contributed by atoms with Crippen molar-refractivity contribution < 1.29 is 23.7 Å². The summed E-state index contributed by atoms with van der Waals surface area (Å²) < 4.78 is 23.0. The number of carbonyl (C=O) groups excluding carboxylic acids is 1. The fraction of sp³-hybridized carbons (Fsp3) is 0.148. The molecule has 5 rings (SSSR count). The van der Waals surface area contributed by atoms with Gasteiger partial charge in [0.2, 0.25) is 5.78 Å². The Bertz CT molecular complexity index is 1250. The zero-order valence-corrected chi connectivity index (χ0v) is 17.8. The quantitative estimate of drug-likeness (QED) is 0.497. The Morgan fingerprint density at radius 1 is 0.969 bits per heavy atom. The molecular formula is C27H22O5. The lowest BCUT2D eigenvalue weighted by molar-refractivity contribution is 0.101. The highest BCUT2D eigenvalue weighted by Crippen LogP contribution is 2.36. The van der Waals surface area contributed by atoms with Crippen molar-refractivity contribution in [3.05, 3.63) is 101 Å². The molecule has 0 aliphatic carbocycles. The van der Waals surface area contributed by atoms with Crippen molar-refractivity contribution >= 4 is 11.9 Å². The molecule has 2 aliphatic heterocycles. The first-order valence-electron chi connectivity index (χ1n) is 10.4. The number of rotatable bonds is 5. The molecule has 0 spiro atoms. The second-order valence-electron chi connectivity index (χ2n) is 7.68. The van der Waals surface area contributed by atoms with Gasteiger partial charge in [-0.2, -0.15) is 0 Å². The van der Waals surface area contributed by atoms with Crippen LogP contribution in [-0.2, 0) is 6.61 Å². The average molecular weight is 426 g/mol. The minimum atomic E-state index is -0.181. The van der Waals surface area contributed by atoms with Gasteiger partial charge in [-0.05, 0) is 60.5 Å². The summed E-state index contributed by atoms with van der Waals surface area (Å²) in [5.74, 6) is 2.87. The zero-order valence-electron chi connectivity index (χ0n) is 17.8. The highest BCUT2D eigenvalue weighted by atomic mass is 16.5. The normalized spacial score (nSPS) is 17.7. The van der Waals surface area contributed by atoms with Gasteiger partial charge in [0.25, 0.3) is 0 Å². The smallest absolute Gasteiger partial charge is 0.231 e. The Balaban J connectivity index is 1.34. The molecule has 0 aromatic heterocycles. The third kappa shape index (κ3) is 3.85. The lowest BCUT2D eigenvalue weighted by Gasteiger charge is -2.22. The second-order valence-corrected chi connectivity index (χ2v) is 7.68. The summed E-state index contributed by atoms with van der Waals surface area (Å²) in [6.45, 7) is 2.34. The number of carbonyl (C=O) groups is 1. The third-order valence-corrected chi connectivity index (χ3v) is 5.49. The summed E-state index contributed by atoms with van der Waals surface area (Å²) in [4.78, 5) is 12.9. The zero-order chi connectivity index (χ0) is 22.1. The van der Waals surface area contributed by atoms with E-state index in [-0.39, 0.29) is 17.6 Å². The SMILES string of the molecule is COc1cccc(COc2ccc3c(c2)OC(=CC2=Cc4ccccc4O[C@@H]2C)C3=O)c1. The van der Waals surface area contributed by atoms with Gasteiger partial charge >= 0.3 is 0 Å². The molecule has 2 heterocycles. The summed E-state index contributed by atoms with van der Waals surface area (Å²) in [5.41, 5.74) is 3.37. The van der Waals surface area contributed by atoms with Crippen LogP contribution in [0.1, 0.15) is 28.4 Å². The molecule has 1 atom stereocenters. The molecule has 5 heteroatoms. The van der Waals surface area contributed by atoms with Gasteiger partial charge in [-0.25, -0.2) is 0 Å². The topological polar surface area (TPSA) is 54.0 Å². The molecule has 0 fully saturated rings. The molecular weight excluding hydrogens is 404 g/mol. The van der Waals surface area contributed by atoms with Crippen molar-refractivity contribution in [3.8, 4) is 23.0 Å². The number of allylic oxidation sites excluding steroid dienone is 1. The maximum atomic E-state index is 12.9. The number of ether oxygens (including phenoxy) is 4. The van der Waals surface area contributed by atoms with Crippen LogP contribution in [0, 0.1) is 0 Å². The molecule has 3 aromatic rings. The Morgan fingerprint density at radius 3 is 2.72 bits per heavy atom. The van der Waals surface area contributed by atoms with Gasteiger partial charge in [0.15, 0.2) is 5.76 Å². The molecule has 0 unspecified atom stereocenters. The molecule has 0 saturated heterocycles. The van der Waals surface area contributed by atoms with Crippen LogP contribution in [-0.4, -0.2) is 19.0 Å². The van der Waals surface area contributed by atoms with Crippen molar-refractivity contribution in [2.24, 2.45) is 0 Å². The van der Waals surface area contributed by atoms with Gasteiger partial charge in [-0.3, -0.25) is 4.79 Å². The monoisotopic (exact) mass is 426 g/mol. The van der Waals surface area contributed by atoms with Crippen molar-refractivity contribution in [2.75, 3.05) is 7.11 Å². The Labute approximate surface area is 186 Å². The highest BCUT2D eigenvalue weighted by molar-refractivity contribution is 6.12. The summed E-state index contributed by atoms with van der Waals surface area (Å²) in [7, 11) is 1.63. The van der Waals surface area contributed by atoms with E-state index in [1.165, 1.54) is 0 Å². The lowest BCUT2D eigenvalue weighted by atomic mass is 10.0. The minimum Gasteiger partial charge on any atom is -0.497 e. The van der Waals surface area contributed by atoms with Crippen molar-refractivity contribution in [1.29, 1.82) is 0 Å². The predicted molar refractivity (Wildman–Crippen MR) is 121 cm³/mol. The van der Waals surface area contributed by atoms with Crippen LogP contribution in [0.15, 0.2) is 84.1 Å². The summed E-state index contributed by atoms with van der Waals surface area (Å²) >= 11 is 0. The highest BCUT2D eigenvalue weighted by Gasteiger charge is 2.29. The van der Waals surface area contributed by atoms with E-state index in [1.807, 2.05) is 61.5 Å². The van der Waals surface area contributed by atoms with Crippen LogP contribution in [0.3, 0.4) is 0 Å². The van der Waals surface area contributed by atoms with Crippen LogP contribution in [0.25, 0.3) is 6.08 Å². The first-order valence-corrected chi connectivity index (χ1v) is 10.4.